The molecule has 0 atom stereocenters. The van der Waals surface area contributed by atoms with Crippen LogP contribution in [0.5, 0.6) is 0 Å². The summed E-state index contributed by atoms with van der Waals surface area (Å²) in [7, 11) is 0. The minimum Gasteiger partial charge on any atom is -0.468 e. The zero-order valence-corrected chi connectivity index (χ0v) is 9.96. The second-order valence-corrected chi connectivity index (χ2v) is 4.65. The fraction of sp³-hybridized carbons (Fsp3) is 0.231. The second kappa shape index (κ2) is 5.23. The minimum absolute atomic E-state index is 0.0855. The molecule has 0 aliphatic heterocycles. The molecule has 2 rings (SSSR count). The van der Waals surface area contributed by atoms with Gasteiger partial charge in [-0.15, -0.1) is 11.8 Å². The SMILES string of the molecule is Cc1ccc(SCc2ccco2)c(CO)c1. The van der Waals surface area contributed by atoms with Crippen LogP contribution < -0.4 is 0 Å². The van der Waals surface area contributed by atoms with Gasteiger partial charge in [0.25, 0.3) is 0 Å². The van der Waals surface area contributed by atoms with Gasteiger partial charge in [-0.1, -0.05) is 17.7 Å². The number of aliphatic hydroxyl groups is 1. The van der Waals surface area contributed by atoms with Gasteiger partial charge < -0.3 is 9.52 Å². The average Bonchev–Trinajstić information content (AvgIpc) is 2.80. The summed E-state index contributed by atoms with van der Waals surface area (Å²) in [5.41, 5.74) is 2.16. The number of hydrogen-bond donors (Lipinski definition) is 1. The van der Waals surface area contributed by atoms with E-state index in [1.165, 1.54) is 5.56 Å². The molecule has 1 heterocycles. The van der Waals surface area contributed by atoms with Gasteiger partial charge in [0.05, 0.1) is 18.6 Å². The minimum atomic E-state index is 0.0855. The first-order chi connectivity index (χ1) is 7.79. The number of thioether (sulfide) groups is 1. The predicted molar refractivity (Wildman–Crippen MR) is 65.4 cm³/mol. The van der Waals surface area contributed by atoms with Crippen molar-refractivity contribution >= 4 is 11.8 Å². The first kappa shape index (κ1) is 11.3. The molecule has 1 N–H and O–H groups in total. The normalized spacial score (nSPS) is 10.6. The predicted octanol–water partition coefficient (Wildman–Crippen LogP) is 3.37. The number of hydrogen-bond acceptors (Lipinski definition) is 3. The van der Waals surface area contributed by atoms with Crippen molar-refractivity contribution in [3.8, 4) is 0 Å². The van der Waals surface area contributed by atoms with E-state index in [2.05, 4.69) is 12.1 Å². The van der Waals surface area contributed by atoms with Gasteiger partial charge in [-0.2, -0.15) is 0 Å². The highest BCUT2D eigenvalue weighted by Crippen LogP contribution is 2.27. The van der Waals surface area contributed by atoms with Gasteiger partial charge >= 0.3 is 0 Å². The third-order valence-corrected chi connectivity index (χ3v) is 3.47. The lowest BCUT2D eigenvalue weighted by Gasteiger charge is -2.07. The molecule has 0 unspecified atom stereocenters. The lowest BCUT2D eigenvalue weighted by Crippen LogP contribution is -1.89. The summed E-state index contributed by atoms with van der Waals surface area (Å²) in [5.74, 6) is 1.75. The van der Waals surface area contributed by atoms with Crippen molar-refractivity contribution in [2.24, 2.45) is 0 Å². The van der Waals surface area contributed by atoms with Crippen LogP contribution in [0.3, 0.4) is 0 Å². The van der Waals surface area contributed by atoms with Crippen LogP contribution in [0.4, 0.5) is 0 Å². The molecule has 16 heavy (non-hydrogen) atoms. The lowest BCUT2D eigenvalue weighted by atomic mass is 10.1. The molecule has 0 spiro atoms. The smallest absolute Gasteiger partial charge is 0.113 e. The Kier molecular flexibility index (Phi) is 3.70. The number of aliphatic hydroxyl groups excluding tert-OH is 1. The molecule has 0 aliphatic carbocycles. The van der Waals surface area contributed by atoms with Crippen molar-refractivity contribution in [1.82, 2.24) is 0 Å². The van der Waals surface area contributed by atoms with Gasteiger partial charge in [0, 0.05) is 4.90 Å². The molecule has 2 nitrogen and oxygen atoms in total. The van der Waals surface area contributed by atoms with Crippen molar-refractivity contribution in [2.45, 2.75) is 24.2 Å². The maximum Gasteiger partial charge on any atom is 0.113 e. The van der Waals surface area contributed by atoms with Crippen LogP contribution in [0.15, 0.2) is 45.9 Å². The highest BCUT2D eigenvalue weighted by atomic mass is 32.2. The van der Waals surface area contributed by atoms with E-state index in [0.717, 1.165) is 22.0 Å². The van der Waals surface area contributed by atoms with E-state index in [1.807, 2.05) is 25.1 Å². The lowest BCUT2D eigenvalue weighted by molar-refractivity contribution is 0.279. The van der Waals surface area contributed by atoms with Gasteiger partial charge in [-0.3, -0.25) is 0 Å². The zero-order chi connectivity index (χ0) is 11.4. The Morgan fingerprint density at radius 3 is 2.88 bits per heavy atom. The van der Waals surface area contributed by atoms with Gasteiger partial charge in [0.2, 0.25) is 0 Å². The number of rotatable bonds is 4. The highest BCUT2D eigenvalue weighted by molar-refractivity contribution is 7.98. The van der Waals surface area contributed by atoms with E-state index in [0.29, 0.717) is 0 Å². The largest absolute Gasteiger partial charge is 0.468 e. The summed E-state index contributed by atoms with van der Waals surface area (Å²) >= 11 is 1.68. The van der Waals surface area contributed by atoms with Crippen molar-refractivity contribution in [1.29, 1.82) is 0 Å². The number of aryl methyl sites for hydroxylation is 1. The maximum atomic E-state index is 9.26. The van der Waals surface area contributed by atoms with E-state index in [1.54, 1.807) is 18.0 Å². The quantitative estimate of drug-likeness (QED) is 0.823. The Bertz CT molecular complexity index is 449. The van der Waals surface area contributed by atoms with Crippen LogP contribution in [-0.2, 0) is 12.4 Å². The van der Waals surface area contributed by atoms with E-state index in [9.17, 15) is 5.11 Å². The molecule has 0 radical (unpaired) electrons. The molecule has 0 amide bonds. The Balaban J connectivity index is 2.09. The molecule has 0 saturated heterocycles. The Hall–Kier alpha value is -1.19. The molecule has 84 valence electrons. The van der Waals surface area contributed by atoms with E-state index in [4.69, 9.17) is 4.42 Å². The zero-order valence-electron chi connectivity index (χ0n) is 9.14. The molecule has 0 bridgehead atoms. The highest BCUT2D eigenvalue weighted by Gasteiger charge is 2.04. The summed E-state index contributed by atoms with van der Waals surface area (Å²) in [4.78, 5) is 1.12. The van der Waals surface area contributed by atoms with Crippen molar-refractivity contribution < 1.29 is 9.52 Å². The van der Waals surface area contributed by atoms with Crippen LogP contribution in [0, 0.1) is 6.92 Å². The van der Waals surface area contributed by atoms with Crippen LogP contribution in [-0.4, -0.2) is 5.11 Å². The Morgan fingerprint density at radius 1 is 1.31 bits per heavy atom. The van der Waals surface area contributed by atoms with Crippen molar-refractivity contribution in [3.63, 3.8) is 0 Å². The first-order valence-electron chi connectivity index (χ1n) is 5.15. The molecule has 0 aliphatic rings. The second-order valence-electron chi connectivity index (χ2n) is 3.64. The fourth-order valence-corrected chi connectivity index (χ4v) is 2.45. The van der Waals surface area contributed by atoms with Crippen LogP contribution in [0.1, 0.15) is 16.9 Å². The monoisotopic (exact) mass is 234 g/mol. The summed E-state index contributed by atoms with van der Waals surface area (Å²) in [6.45, 7) is 2.11. The fourth-order valence-electron chi connectivity index (χ4n) is 1.52. The van der Waals surface area contributed by atoms with Gasteiger partial charge in [0.15, 0.2) is 0 Å². The molecule has 1 aromatic heterocycles. The van der Waals surface area contributed by atoms with Crippen LogP contribution in [0.25, 0.3) is 0 Å². The molecule has 3 heteroatoms. The molecule has 1 aromatic carbocycles. The first-order valence-corrected chi connectivity index (χ1v) is 6.13. The van der Waals surface area contributed by atoms with Crippen LogP contribution in [0.2, 0.25) is 0 Å². The van der Waals surface area contributed by atoms with Gasteiger partial charge in [0.1, 0.15) is 5.76 Å². The third kappa shape index (κ3) is 2.68. The summed E-state index contributed by atoms with van der Waals surface area (Å²) < 4.78 is 5.27. The number of benzene rings is 1. The maximum absolute atomic E-state index is 9.26. The molecule has 0 saturated carbocycles. The van der Waals surface area contributed by atoms with Crippen molar-refractivity contribution in [2.75, 3.05) is 0 Å². The molecule has 0 fully saturated rings. The van der Waals surface area contributed by atoms with Crippen LogP contribution >= 0.6 is 11.8 Å². The summed E-state index contributed by atoms with van der Waals surface area (Å²) in [6, 6.07) is 9.97. The summed E-state index contributed by atoms with van der Waals surface area (Å²) in [5, 5.41) is 9.26. The van der Waals surface area contributed by atoms with Gasteiger partial charge in [-0.25, -0.2) is 0 Å². The molecular formula is C13H14O2S. The summed E-state index contributed by atoms with van der Waals surface area (Å²) in [6.07, 6.45) is 1.68. The van der Waals surface area contributed by atoms with E-state index >= 15 is 0 Å². The van der Waals surface area contributed by atoms with Crippen molar-refractivity contribution in [3.05, 3.63) is 53.5 Å². The number of furan rings is 1. The third-order valence-electron chi connectivity index (χ3n) is 2.34. The topological polar surface area (TPSA) is 33.4 Å². The average molecular weight is 234 g/mol. The van der Waals surface area contributed by atoms with E-state index < -0.39 is 0 Å². The standard InChI is InChI=1S/C13H14O2S/c1-10-4-5-13(11(7-10)8-14)16-9-12-3-2-6-15-12/h2-7,14H,8-9H2,1H3. The van der Waals surface area contributed by atoms with E-state index in [-0.39, 0.29) is 6.61 Å². The molecule has 2 aromatic rings. The Labute approximate surface area is 99.3 Å². The molecular weight excluding hydrogens is 220 g/mol. The van der Waals surface area contributed by atoms with Gasteiger partial charge in [-0.05, 0) is 30.7 Å². The Morgan fingerprint density at radius 2 is 2.19 bits per heavy atom.